The average Bonchev–Trinajstić information content (AvgIpc) is 3.19. The molecule has 0 fully saturated rings. The maximum absolute atomic E-state index is 12.4. The van der Waals surface area contributed by atoms with Crippen molar-refractivity contribution < 1.29 is 28.5 Å². The molecule has 1 amide bonds. The Balaban J connectivity index is 1.66. The highest BCUT2D eigenvalue weighted by molar-refractivity contribution is 14.1. The Morgan fingerprint density at radius 3 is 2.45 bits per heavy atom. The van der Waals surface area contributed by atoms with E-state index in [0.29, 0.717) is 31.3 Å². The number of hydrogen-bond donors (Lipinski definition) is 1. The molecule has 3 aromatic rings. The predicted octanol–water partition coefficient (Wildman–Crippen LogP) is 5.96. The molecule has 0 radical (unpaired) electrons. The van der Waals surface area contributed by atoms with Crippen molar-refractivity contribution in [2.24, 2.45) is 5.92 Å². The maximum atomic E-state index is 12.4. The number of benzene rings is 1. The molecule has 0 bridgehead atoms. The molecule has 1 aromatic carbocycles. The number of methoxy groups -OCH3 is 1. The van der Waals surface area contributed by atoms with Crippen LogP contribution in [0.25, 0.3) is 11.0 Å². The second-order valence-electron chi connectivity index (χ2n) is 11.3. The lowest BCUT2D eigenvalue weighted by Gasteiger charge is -2.24. The molecule has 0 saturated carbocycles. The molecule has 11 heteroatoms. The number of nitrogens with zero attached hydrogens (tertiary/aromatic N) is 2. The summed E-state index contributed by atoms with van der Waals surface area (Å²) < 4.78 is 25.4. The first-order chi connectivity index (χ1) is 18.8. The molecular weight excluding hydrogens is 645 g/mol. The van der Waals surface area contributed by atoms with Crippen molar-refractivity contribution in [2.45, 2.75) is 39.5 Å². The largest absolute Gasteiger partial charge is 0.469 e. The normalized spacial score (nSPS) is 13.1. The van der Waals surface area contributed by atoms with Gasteiger partial charge in [-0.1, -0.05) is 12.1 Å². The number of halogens is 1. The second kappa shape index (κ2) is 13.9. The van der Waals surface area contributed by atoms with E-state index in [1.165, 1.54) is 7.11 Å². The van der Waals surface area contributed by atoms with Crippen LogP contribution in [0, 0.1) is 9.49 Å². The zero-order valence-electron chi connectivity index (χ0n) is 24.3. The van der Waals surface area contributed by atoms with Gasteiger partial charge >= 0.3 is 12.1 Å². The van der Waals surface area contributed by atoms with E-state index in [0.717, 1.165) is 25.9 Å². The first kappa shape index (κ1) is 32.0. The molecule has 0 aliphatic heterocycles. The Hall–Kier alpha value is -2.51. The van der Waals surface area contributed by atoms with Gasteiger partial charge in [0.15, 0.2) is 0 Å². The third kappa shape index (κ3) is 9.84. The smallest absolute Gasteiger partial charge is 0.407 e. The van der Waals surface area contributed by atoms with Gasteiger partial charge in [0.05, 0.1) is 25.0 Å². The number of alkyl carbamates (subject to hydrolysis) is 1. The first-order valence-corrected chi connectivity index (χ1v) is 17.0. The number of rotatable bonds is 12. The van der Waals surface area contributed by atoms with E-state index in [9.17, 15) is 9.59 Å². The summed E-state index contributed by atoms with van der Waals surface area (Å²) in [6, 6.07) is 9.37. The minimum Gasteiger partial charge on any atom is -0.469 e. The van der Waals surface area contributed by atoms with E-state index in [1.807, 2.05) is 41.1 Å². The molecule has 220 valence electrons. The summed E-state index contributed by atoms with van der Waals surface area (Å²) in [5.74, 6) is 1.46. The summed E-state index contributed by atoms with van der Waals surface area (Å²) in [7, 11) is 0.735. The van der Waals surface area contributed by atoms with Crippen molar-refractivity contribution in [3.8, 4) is 11.5 Å². The van der Waals surface area contributed by atoms with Crippen LogP contribution in [-0.2, 0) is 32.2 Å². The molecular formula is C29H40IN3O6S. The lowest BCUT2D eigenvalue weighted by Crippen LogP contribution is -2.38. The number of aromatic nitrogens is 2. The fourth-order valence-corrected chi connectivity index (χ4v) is 5.29. The van der Waals surface area contributed by atoms with Crippen LogP contribution in [0.4, 0.5) is 4.79 Å². The van der Waals surface area contributed by atoms with Crippen LogP contribution in [0.3, 0.4) is 0 Å². The number of amides is 1. The van der Waals surface area contributed by atoms with Crippen LogP contribution in [0.1, 0.15) is 26.3 Å². The third-order valence-electron chi connectivity index (χ3n) is 5.80. The van der Waals surface area contributed by atoms with Gasteiger partial charge in [-0.05, 0) is 92.3 Å². The van der Waals surface area contributed by atoms with E-state index >= 15 is 0 Å². The third-order valence-corrected chi connectivity index (χ3v) is 8.01. The number of fused-ring (bicyclic) bond motifs is 1. The summed E-state index contributed by atoms with van der Waals surface area (Å²) in [5.41, 5.74) is 1.09. The Morgan fingerprint density at radius 1 is 1.12 bits per heavy atom. The minimum atomic E-state index is -0.623. The Bertz CT molecular complexity index is 1300. The zero-order chi connectivity index (χ0) is 29.5. The molecule has 9 nitrogen and oxygen atoms in total. The first-order valence-electron chi connectivity index (χ1n) is 12.9. The van der Waals surface area contributed by atoms with E-state index < -0.39 is 33.6 Å². The number of carbonyl (C=O) groups excluding carboxylic acids is 2. The molecule has 1 N–H and O–H groups in total. The number of nitrogens with one attached hydrogen (secondary N) is 1. The van der Waals surface area contributed by atoms with Crippen molar-refractivity contribution in [1.82, 2.24) is 14.9 Å². The summed E-state index contributed by atoms with van der Waals surface area (Å²) in [5, 5.41) is 3.59. The average molecular weight is 686 g/mol. The standard InChI is InChI=1S/C29H40IN3O6S/c1-29(2,3)39-28(35)32-17-21(27(34)36-4)16-20-8-10-22(11-9-20)38-24-12-13-31-26-25(24)23(30)18-33(26)19-37-14-15-40(5,6)7/h8-13,18,21H,14-17,19H2,1-7H3,(H,32,35). The fraction of sp³-hybridized carbons (Fsp3) is 0.483. The zero-order valence-corrected chi connectivity index (χ0v) is 27.3. The topological polar surface area (TPSA) is 101 Å². The van der Waals surface area contributed by atoms with E-state index in [2.05, 4.69) is 51.7 Å². The van der Waals surface area contributed by atoms with Gasteiger partial charge in [0.1, 0.15) is 29.5 Å². The molecule has 2 heterocycles. The van der Waals surface area contributed by atoms with Crippen LogP contribution < -0.4 is 10.1 Å². The van der Waals surface area contributed by atoms with Crippen LogP contribution in [0.5, 0.6) is 11.5 Å². The van der Waals surface area contributed by atoms with E-state index in [4.69, 9.17) is 18.9 Å². The van der Waals surface area contributed by atoms with Crippen LogP contribution in [0.2, 0.25) is 0 Å². The van der Waals surface area contributed by atoms with Crippen LogP contribution in [-0.4, -0.2) is 72.0 Å². The Kier molecular flexibility index (Phi) is 11.1. The Labute approximate surface area is 251 Å². The highest BCUT2D eigenvalue weighted by Gasteiger charge is 2.23. The van der Waals surface area contributed by atoms with Crippen molar-refractivity contribution >= 4 is 55.7 Å². The quantitative estimate of drug-likeness (QED) is 0.143. The highest BCUT2D eigenvalue weighted by Crippen LogP contribution is 2.35. The van der Waals surface area contributed by atoms with Crippen molar-refractivity contribution in [1.29, 1.82) is 0 Å². The molecule has 0 spiro atoms. The summed E-state index contributed by atoms with van der Waals surface area (Å²) >= 11 is 2.29. The molecule has 0 saturated heterocycles. The lowest BCUT2D eigenvalue weighted by atomic mass is 9.99. The molecule has 40 heavy (non-hydrogen) atoms. The summed E-state index contributed by atoms with van der Waals surface area (Å²) in [6.07, 6.45) is 10.4. The monoisotopic (exact) mass is 685 g/mol. The Morgan fingerprint density at radius 2 is 1.82 bits per heavy atom. The summed E-state index contributed by atoms with van der Waals surface area (Å²) in [6.45, 7) is 6.60. The predicted molar refractivity (Wildman–Crippen MR) is 169 cm³/mol. The van der Waals surface area contributed by atoms with Gasteiger partial charge in [-0.25, -0.2) is 19.8 Å². The van der Waals surface area contributed by atoms with Crippen LogP contribution >= 0.6 is 32.6 Å². The van der Waals surface area contributed by atoms with Gasteiger partial charge in [-0.3, -0.25) is 4.79 Å². The number of pyridine rings is 1. The highest BCUT2D eigenvalue weighted by atomic mass is 127. The molecule has 3 rings (SSSR count). The van der Waals surface area contributed by atoms with Crippen LogP contribution in [0.15, 0.2) is 42.7 Å². The minimum absolute atomic E-state index is 0.103. The maximum Gasteiger partial charge on any atom is 0.407 e. The van der Waals surface area contributed by atoms with Gasteiger partial charge in [0, 0.05) is 28.3 Å². The second-order valence-corrected chi connectivity index (χ2v) is 17.1. The number of ether oxygens (including phenoxy) is 4. The van der Waals surface area contributed by atoms with E-state index in [-0.39, 0.29) is 6.54 Å². The van der Waals surface area contributed by atoms with Crippen molar-refractivity contribution in [3.63, 3.8) is 0 Å². The van der Waals surface area contributed by atoms with Gasteiger partial charge in [-0.15, -0.1) is 0 Å². The fourth-order valence-electron chi connectivity index (χ4n) is 3.82. The van der Waals surface area contributed by atoms with Crippen molar-refractivity contribution in [3.05, 3.63) is 51.9 Å². The SMILES string of the molecule is COC(=O)C(CNC(=O)OC(C)(C)C)Cc1ccc(Oc2ccnc3c2c(I)cn3COCCS(C)(C)C)cc1. The molecule has 2 aromatic heterocycles. The number of carbonyl (C=O) groups is 2. The molecule has 1 atom stereocenters. The molecule has 0 aliphatic rings. The van der Waals surface area contributed by atoms with Gasteiger partial charge in [0.2, 0.25) is 0 Å². The number of esters is 1. The summed E-state index contributed by atoms with van der Waals surface area (Å²) in [4.78, 5) is 29.0. The van der Waals surface area contributed by atoms with Gasteiger partial charge < -0.3 is 28.8 Å². The number of hydrogen-bond acceptors (Lipinski definition) is 7. The van der Waals surface area contributed by atoms with Crippen molar-refractivity contribution in [2.75, 3.05) is 44.8 Å². The molecule has 0 aliphatic carbocycles. The van der Waals surface area contributed by atoms with Gasteiger partial charge in [0.25, 0.3) is 0 Å². The van der Waals surface area contributed by atoms with E-state index in [1.54, 1.807) is 27.0 Å². The van der Waals surface area contributed by atoms with Gasteiger partial charge in [-0.2, -0.15) is 0 Å². The molecule has 1 unspecified atom stereocenters. The lowest BCUT2D eigenvalue weighted by molar-refractivity contribution is -0.145.